The molecule has 0 radical (unpaired) electrons. The number of hydrogen-bond donors (Lipinski definition) is 1. The van der Waals surface area contributed by atoms with Crippen molar-refractivity contribution in [2.45, 2.75) is 19.4 Å². The van der Waals surface area contributed by atoms with Crippen molar-refractivity contribution >= 4 is 28.3 Å². The molecule has 1 saturated heterocycles. The molecule has 7 heteroatoms. The summed E-state index contributed by atoms with van der Waals surface area (Å²) in [5, 5.41) is 12.2. The van der Waals surface area contributed by atoms with Crippen LogP contribution in [0.3, 0.4) is 0 Å². The van der Waals surface area contributed by atoms with Crippen LogP contribution in [0.15, 0.2) is 54.6 Å². The Balaban J connectivity index is 1.45. The van der Waals surface area contributed by atoms with Gasteiger partial charge in [-0.25, -0.2) is 0 Å². The lowest BCUT2D eigenvalue weighted by Crippen LogP contribution is -2.24. The van der Waals surface area contributed by atoms with Crippen LogP contribution in [-0.4, -0.2) is 33.5 Å². The van der Waals surface area contributed by atoms with Crippen LogP contribution >= 0.6 is 11.3 Å². The third-order valence-corrected chi connectivity index (χ3v) is 5.29. The summed E-state index contributed by atoms with van der Waals surface area (Å²) in [6, 6.07) is 17.1. The van der Waals surface area contributed by atoms with E-state index in [0.29, 0.717) is 23.7 Å². The average Bonchev–Trinajstić information content (AvgIpc) is 3.32. The van der Waals surface area contributed by atoms with Gasteiger partial charge >= 0.3 is 0 Å². The Labute approximate surface area is 160 Å². The van der Waals surface area contributed by atoms with E-state index in [0.717, 1.165) is 29.1 Å². The van der Waals surface area contributed by atoms with Crippen molar-refractivity contribution in [1.82, 2.24) is 15.1 Å². The Kier molecular flexibility index (Phi) is 4.93. The molecule has 1 aliphatic rings. The molecule has 136 valence electrons. The second-order valence-electron chi connectivity index (χ2n) is 6.35. The molecule has 0 atom stereocenters. The topological polar surface area (TPSA) is 75.2 Å². The van der Waals surface area contributed by atoms with E-state index in [1.165, 1.54) is 11.3 Å². The van der Waals surface area contributed by atoms with E-state index in [-0.39, 0.29) is 11.8 Å². The molecular formula is C20H18N4O2S. The van der Waals surface area contributed by atoms with Gasteiger partial charge in [0.15, 0.2) is 0 Å². The van der Waals surface area contributed by atoms with Crippen LogP contribution in [0.5, 0.6) is 0 Å². The van der Waals surface area contributed by atoms with E-state index in [1.807, 2.05) is 53.4 Å². The van der Waals surface area contributed by atoms with Gasteiger partial charge < -0.3 is 4.90 Å². The summed E-state index contributed by atoms with van der Waals surface area (Å²) in [7, 11) is 0. The highest BCUT2D eigenvalue weighted by Crippen LogP contribution is 2.26. The number of likely N-dealkylation sites (tertiary alicyclic amines) is 1. The maximum atomic E-state index is 12.6. The van der Waals surface area contributed by atoms with E-state index >= 15 is 0 Å². The van der Waals surface area contributed by atoms with Crippen LogP contribution in [0.4, 0.5) is 5.13 Å². The van der Waals surface area contributed by atoms with Crippen molar-refractivity contribution in [1.29, 1.82) is 0 Å². The molecule has 0 unspecified atom stereocenters. The van der Waals surface area contributed by atoms with Crippen LogP contribution in [0.1, 0.15) is 28.8 Å². The molecule has 2 amide bonds. The first-order valence-corrected chi connectivity index (χ1v) is 9.58. The second-order valence-corrected chi connectivity index (χ2v) is 7.33. The zero-order valence-corrected chi connectivity index (χ0v) is 15.4. The quantitative estimate of drug-likeness (QED) is 0.736. The minimum absolute atomic E-state index is 0.173. The maximum Gasteiger partial charge on any atom is 0.257 e. The highest BCUT2D eigenvalue weighted by atomic mass is 32.1. The predicted molar refractivity (Wildman–Crippen MR) is 104 cm³/mol. The Bertz CT molecular complexity index is 971. The van der Waals surface area contributed by atoms with Crippen LogP contribution in [0.2, 0.25) is 0 Å². The van der Waals surface area contributed by atoms with Gasteiger partial charge in [-0.1, -0.05) is 53.8 Å². The standard InChI is InChI=1S/C20H18N4O2S/c25-17-10-5-11-24(17)13-14-6-4-9-16(12-14)18(26)21-20-23-22-19(27-20)15-7-2-1-3-8-15/h1-4,6-9,12H,5,10-11,13H2,(H,21,23,26). The molecule has 4 rings (SSSR count). The first kappa shape index (κ1) is 17.4. The van der Waals surface area contributed by atoms with Crippen molar-refractivity contribution in [2.24, 2.45) is 0 Å². The number of amides is 2. The molecule has 0 saturated carbocycles. The van der Waals surface area contributed by atoms with Gasteiger partial charge in [-0.2, -0.15) is 0 Å². The SMILES string of the molecule is O=C(Nc1nnc(-c2ccccc2)s1)c1cccc(CN2CCCC2=O)c1. The highest BCUT2D eigenvalue weighted by molar-refractivity contribution is 7.18. The lowest BCUT2D eigenvalue weighted by Gasteiger charge is -2.15. The van der Waals surface area contributed by atoms with E-state index in [4.69, 9.17) is 0 Å². The second kappa shape index (κ2) is 7.67. The number of nitrogens with zero attached hydrogens (tertiary/aromatic N) is 3. The lowest BCUT2D eigenvalue weighted by atomic mass is 10.1. The number of carbonyl (C=O) groups excluding carboxylic acids is 2. The molecule has 2 heterocycles. The molecule has 1 N–H and O–H groups in total. The number of hydrogen-bond acceptors (Lipinski definition) is 5. The summed E-state index contributed by atoms with van der Waals surface area (Å²) in [4.78, 5) is 26.2. The molecular weight excluding hydrogens is 360 g/mol. The minimum atomic E-state index is -0.236. The first-order chi connectivity index (χ1) is 13.2. The Morgan fingerprint density at radius 2 is 1.96 bits per heavy atom. The largest absolute Gasteiger partial charge is 0.338 e. The monoisotopic (exact) mass is 378 g/mol. The van der Waals surface area contributed by atoms with Crippen molar-refractivity contribution in [3.05, 3.63) is 65.7 Å². The number of carbonyl (C=O) groups is 2. The number of benzene rings is 2. The van der Waals surface area contributed by atoms with Gasteiger partial charge in [0.2, 0.25) is 11.0 Å². The first-order valence-electron chi connectivity index (χ1n) is 8.76. The molecule has 1 aromatic heterocycles. The van der Waals surface area contributed by atoms with Gasteiger partial charge in [-0.15, -0.1) is 10.2 Å². The van der Waals surface area contributed by atoms with Crippen molar-refractivity contribution < 1.29 is 9.59 Å². The highest BCUT2D eigenvalue weighted by Gasteiger charge is 2.20. The Morgan fingerprint density at radius 3 is 2.74 bits per heavy atom. The van der Waals surface area contributed by atoms with Gasteiger partial charge in [-0.05, 0) is 24.1 Å². The smallest absolute Gasteiger partial charge is 0.257 e. The minimum Gasteiger partial charge on any atom is -0.338 e. The van der Waals surface area contributed by atoms with Gasteiger partial charge in [0.05, 0.1) is 0 Å². The third-order valence-electron chi connectivity index (χ3n) is 4.40. The fraction of sp³-hybridized carbons (Fsp3) is 0.200. The molecule has 0 bridgehead atoms. The zero-order valence-electron chi connectivity index (χ0n) is 14.6. The van der Waals surface area contributed by atoms with Gasteiger partial charge in [-0.3, -0.25) is 14.9 Å². The summed E-state index contributed by atoms with van der Waals surface area (Å²) in [5.74, 6) is -0.0625. The zero-order chi connectivity index (χ0) is 18.6. The van der Waals surface area contributed by atoms with Crippen molar-refractivity contribution in [3.63, 3.8) is 0 Å². The molecule has 0 aliphatic carbocycles. The van der Waals surface area contributed by atoms with Crippen LogP contribution in [0.25, 0.3) is 10.6 Å². The number of nitrogens with one attached hydrogen (secondary N) is 1. The van der Waals surface area contributed by atoms with Gasteiger partial charge in [0.25, 0.3) is 5.91 Å². The number of rotatable bonds is 5. The summed E-state index contributed by atoms with van der Waals surface area (Å²) in [5.41, 5.74) is 2.45. The lowest BCUT2D eigenvalue weighted by molar-refractivity contribution is -0.128. The fourth-order valence-electron chi connectivity index (χ4n) is 3.04. The number of anilines is 1. The third kappa shape index (κ3) is 4.03. The van der Waals surface area contributed by atoms with E-state index in [9.17, 15) is 9.59 Å². The van der Waals surface area contributed by atoms with Crippen molar-refractivity contribution in [2.75, 3.05) is 11.9 Å². The summed E-state index contributed by atoms with van der Waals surface area (Å²) in [6.45, 7) is 1.32. The van der Waals surface area contributed by atoms with E-state index < -0.39 is 0 Å². The molecule has 2 aromatic carbocycles. The van der Waals surface area contributed by atoms with Gasteiger partial charge in [0.1, 0.15) is 5.01 Å². The van der Waals surface area contributed by atoms with Crippen molar-refractivity contribution in [3.8, 4) is 10.6 Å². The number of aromatic nitrogens is 2. The maximum absolute atomic E-state index is 12.6. The Hall–Kier alpha value is -3.06. The van der Waals surface area contributed by atoms with E-state index in [2.05, 4.69) is 15.5 Å². The predicted octanol–water partition coefficient (Wildman–Crippen LogP) is 3.58. The van der Waals surface area contributed by atoms with E-state index in [1.54, 1.807) is 6.07 Å². The summed E-state index contributed by atoms with van der Waals surface area (Å²) < 4.78 is 0. The molecule has 0 spiro atoms. The summed E-state index contributed by atoms with van der Waals surface area (Å²) >= 11 is 1.33. The average molecular weight is 378 g/mol. The fourth-order valence-corrected chi connectivity index (χ4v) is 3.79. The summed E-state index contributed by atoms with van der Waals surface area (Å²) in [6.07, 6.45) is 1.51. The van der Waals surface area contributed by atoms with Gasteiger partial charge in [0, 0.05) is 30.6 Å². The van der Waals surface area contributed by atoms with Crippen LogP contribution in [-0.2, 0) is 11.3 Å². The van der Waals surface area contributed by atoms with Crippen LogP contribution < -0.4 is 5.32 Å². The molecule has 1 aliphatic heterocycles. The molecule has 3 aromatic rings. The normalized spacial score (nSPS) is 13.8. The Morgan fingerprint density at radius 1 is 1.11 bits per heavy atom. The molecule has 1 fully saturated rings. The molecule has 27 heavy (non-hydrogen) atoms. The molecule has 6 nitrogen and oxygen atoms in total. The van der Waals surface area contributed by atoms with Crippen LogP contribution in [0, 0.1) is 0 Å².